The lowest BCUT2D eigenvalue weighted by molar-refractivity contribution is -0.114. The molecule has 0 spiro atoms. The van der Waals surface area contributed by atoms with Crippen molar-refractivity contribution in [1.82, 2.24) is 5.32 Å². The summed E-state index contributed by atoms with van der Waals surface area (Å²) in [5.41, 5.74) is 5.54. The number of amides is 2. The lowest BCUT2D eigenvalue weighted by Gasteiger charge is -2.14. The van der Waals surface area contributed by atoms with Crippen LogP contribution in [-0.4, -0.2) is 24.9 Å². The Bertz CT molecular complexity index is 761. The van der Waals surface area contributed by atoms with E-state index in [2.05, 4.69) is 35.0 Å². The van der Waals surface area contributed by atoms with Crippen molar-refractivity contribution < 1.29 is 9.59 Å². The number of carbonyl (C=O) groups excluding carboxylic acids is 2. The predicted molar refractivity (Wildman–Crippen MR) is 102 cm³/mol. The fraction of sp³-hybridized carbons (Fsp3) is 0.300. The van der Waals surface area contributed by atoms with Crippen molar-refractivity contribution in [1.29, 1.82) is 0 Å². The van der Waals surface area contributed by atoms with Crippen LogP contribution in [-0.2, 0) is 4.79 Å². The van der Waals surface area contributed by atoms with Crippen LogP contribution in [0.4, 0.5) is 11.4 Å². The Kier molecular flexibility index (Phi) is 6.17. The van der Waals surface area contributed by atoms with Gasteiger partial charge in [0.2, 0.25) is 5.91 Å². The summed E-state index contributed by atoms with van der Waals surface area (Å²) in [4.78, 5) is 24.1. The van der Waals surface area contributed by atoms with Crippen LogP contribution in [0.5, 0.6) is 0 Å². The van der Waals surface area contributed by atoms with E-state index in [0.717, 1.165) is 16.8 Å². The standard InChI is InChI=1S/C20H25N3O2/c1-5-21-20(25)16-7-6-8-17(11-16)23-18(24)12-22-19-14(3)9-13(2)10-15(19)4/h6-11,22H,5,12H2,1-4H3,(H,21,25)(H,23,24). The highest BCUT2D eigenvalue weighted by molar-refractivity contribution is 5.98. The molecule has 0 saturated heterocycles. The molecule has 2 aromatic rings. The minimum Gasteiger partial charge on any atom is -0.376 e. The van der Waals surface area contributed by atoms with Gasteiger partial charge in [0.05, 0.1) is 6.54 Å². The van der Waals surface area contributed by atoms with Crippen LogP contribution < -0.4 is 16.0 Å². The van der Waals surface area contributed by atoms with E-state index in [9.17, 15) is 9.59 Å². The largest absolute Gasteiger partial charge is 0.376 e. The van der Waals surface area contributed by atoms with Gasteiger partial charge in [-0.3, -0.25) is 9.59 Å². The zero-order valence-electron chi connectivity index (χ0n) is 15.2. The van der Waals surface area contributed by atoms with E-state index >= 15 is 0 Å². The Morgan fingerprint density at radius 1 is 1.00 bits per heavy atom. The molecule has 0 atom stereocenters. The van der Waals surface area contributed by atoms with Crippen LogP contribution in [0.1, 0.15) is 34.0 Å². The van der Waals surface area contributed by atoms with Gasteiger partial charge in [0.25, 0.3) is 5.91 Å². The lowest BCUT2D eigenvalue weighted by atomic mass is 10.1. The van der Waals surface area contributed by atoms with Gasteiger partial charge in [0.15, 0.2) is 0 Å². The number of hydrogen-bond donors (Lipinski definition) is 3. The smallest absolute Gasteiger partial charge is 0.251 e. The zero-order chi connectivity index (χ0) is 18.4. The first-order valence-corrected chi connectivity index (χ1v) is 8.40. The number of carbonyl (C=O) groups is 2. The molecular formula is C20H25N3O2. The van der Waals surface area contributed by atoms with E-state index in [4.69, 9.17) is 0 Å². The second-order valence-electron chi connectivity index (χ2n) is 6.12. The zero-order valence-corrected chi connectivity index (χ0v) is 15.2. The summed E-state index contributed by atoms with van der Waals surface area (Å²) in [7, 11) is 0. The van der Waals surface area contributed by atoms with Gasteiger partial charge >= 0.3 is 0 Å². The number of aryl methyl sites for hydroxylation is 3. The molecule has 0 aliphatic rings. The van der Waals surface area contributed by atoms with E-state index in [1.165, 1.54) is 5.56 Å². The summed E-state index contributed by atoms with van der Waals surface area (Å²) in [5, 5.41) is 8.76. The first-order chi connectivity index (χ1) is 11.9. The molecule has 3 N–H and O–H groups in total. The molecule has 2 rings (SSSR count). The lowest BCUT2D eigenvalue weighted by Crippen LogP contribution is -2.24. The minimum absolute atomic E-state index is 0.150. The van der Waals surface area contributed by atoms with Crippen LogP contribution >= 0.6 is 0 Å². The molecule has 2 amide bonds. The number of hydrogen-bond acceptors (Lipinski definition) is 3. The Hall–Kier alpha value is -2.82. The monoisotopic (exact) mass is 339 g/mol. The van der Waals surface area contributed by atoms with E-state index in [0.29, 0.717) is 17.8 Å². The van der Waals surface area contributed by atoms with Gasteiger partial charge < -0.3 is 16.0 Å². The highest BCUT2D eigenvalue weighted by Crippen LogP contribution is 2.21. The van der Waals surface area contributed by atoms with Gasteiger partial charge in [-0.25, -0.2) is 0 Å². The molecule has 0 heterocycles. The summed E-state index contributed by atoms with van der Waals surface area (Å²) in [6, 6.07) is 11.1. The first-order valence-electron chi connectivity index (χ1n) is 8.40. The van der Waals surface area contributed by atoms with Gasteiger partial charge in [-0.1, -0.05) is 23.8 Å². The second-order valence-corrected chi connectivity index (χ2v) is 6.12. The second kappa shape index (κ2) is 8.33. The molecule has 0 bridgehead atoms. The number of benzene rings is 2. The van der Waals surface area contributed by atoms with Crippen molar-refractivity contribution in [3.63, 3.8) is 0 Å². The minimum atomic E-state index is -0.160. The summed E-state index contributed by atoms with van der Waals surface area (Å²) < 4.78 is 0. The summed E-state index contributed by atoms with van der Waals surface area (Å²) >= 11 is 0. The predicted octanol–water partition coefficient (Wildman–Crippen LogP) is 3.41. The quantitative estimate of drug-likeness (QED) is 0.755. The van der Waals surface area contributed by atoms with E-state index in [1.807, 2.05) is 20.8 Å². The fourth-order valence-electron chi connectivity index (χ4n) is 2.83. The van der Waals surface area contributed by atoms with Crippen LogP contribution in [0.15, 0.2) is 36.4 Å². The third-order valence-electron chi connectivity index (χ3n) is 3.85. The Morgan fingerprint density at radius 2 is 1.68 bits per heavy atom. The average molecular weight is 339 g/mol. The molecule has 5 heteroatoms. The maximum Gasteiger partial charge on any atom is 0.251 e. The molecule has 2 aromatic carbocycles. The van der Waals surface area contributed by atoms with Gasteiger partial charge in [-0.05, 0) is 57.0 Å². The first kappa shape index (κ1) is 18.5. The average Bonchev–Trinajstić information content (AvgIpc) is 2.54. The third-order valence-corrected chi connectivity index (χ3v) is 3.85. The summed E-state index contributed by atoms with van der Waals surface area (Å²) in [6.07, 6.45) is 0. The van der Waals surface area contributed by atoms with Gasteiger partial charge in [-0.2, -0.15) is 0 Å². The Labute approximate surface area is 148 Å². The van der Waals surface area contributed by atoms with Crippen LogP contribution in [0.3, 0.4) is 0 Å². The molecule has 0 radical (unpaired) electrons. The third kappa shape index (κ3) is 5.08. The van der Waals surface area contributed by atoms with Crippen molar-refractivity contribution in [3.8, 4) is 0 Å². The molecule has 0 saturated carbocycles. The molecule has 0 unspecified atom stereocenters. The van der Waals surface area contributed by atoms with Crippen molar-refractivity contribution >= 4 is 23.2 Å². The maximum atomic E-state index is 12.2. The molecule has 0 aromatic heterocycles. The van der Waals surface area contributed by atoms with Gasteiger partial charge in [0.1, 0.15) is 0 Å². The fourth-order valence-corrected chi connectivity index (χ4v) is 2.83. The van der Waals surface area contributed by atoms with E-state index < -0.39 is 0 Å². The molecule has 0 aliphatic carbocycles. The number of rotatable bonds is 6. The van der Waals surface area contributed by atoms with Crippen molar-refractivity contribution in [2.75, 3.05) is 23.7 Å². The molecule has 0 fully saturated rings. The van der Waals surface area contributed by atoms with Gasteiger partial charge in [0, 0.05) is 23.5 Å². The SMILES string of the molecule is CCNC(=O)c1cccc(NC(=O)CNc2c(C)cc(C)cc2C)c1. The molecule has 0 aliphatic heterocycles. The highest BCUT2D eigenvalue weighted by Gasteiger charge is 2.09. The maximum absolute atomic E-state index is 12.2. The van der Waals surface area contributed by atoms with Crippen molar-refractivity contribution in [3.05, 3.63) is 58.7 Å². The van der Waals surface area contributed by atoms with Crippen LogP contribution in [0.25, 0.3) is 0 Å². The summed E-state index contributed by atoms with van der Waals surface area (Å²) in [5.74, 6) is -0.310. The number of anilines is 2. The van der Waals surface area contributed by atoms with Crippen molar-refractivity contribution in [2.24, 2.45) is 0 Å². The molecule has 5 nitrogen and oxygen atoms in total. The highest BCUT2D eigenvalue weighted by atomic mass is 16.2. The van der Waals surface area contributed by atoms with E-state index in [-0.39, 0.29) is 18.4 Å². The van der Waals surface area contributed by atoms with Crippen molar-refractivity contribution in [2.45, 2.75) is 27.7 Å². The normalized spacial score (nSPS) is 10.2. The Balaban J connectivity index is 1.99. The topological polar surface area (TPSA) is 70.2 Å². The molecule has 132 valence electrons. The van der Waals surface area contributed by atoms with E-state index in [1.54, 1.807) is 24.3 Å². The number of nitrogens with one attached hydrogen (secondary N) is 3. The van der Waals surface area contributed by atoms with Crippen LogP contribution in [0.2, 0.25) is 0 Å². The van der Waals surface area contributed by atoms with Gasteiger partial charge in [-0.15, -0.1) is 0 Å². The van der Waals surface area contributed by atoms with Crippen LogP contribution in [0, 0.1) is 20.8 Å². The summed E-state index contributed by atoms with van der Waals surface area (Å²) in [6.45, 7) is 8.69. The Morgan fingerprint density at radius 3 is 2.32 bits per heavy atom. The molecular weight excluding hydrogens is 314 g/mol. The molecule has 25 heavy (non-hydrogen) atoms.